The topological polar surface area (TPSA) is 123 Å². The third-order valence-electron chi connectivity index (χ3n) is 4.76. The van der Waals surface area contributed by atoms with Gasteiger partial charge in [-0.15, -0.1) is 0 Å². The van der Waals surface area contributed by atoms with Gasteiger partial charge in [-0.25, -0.2) is 8.42 Å². The van der Waals surface area contributed by atoms with Gasteiger partial charge in [0.1, 0.15) is 6.54 Å². The molecule has 166 valence electrons. The van der Waals surface area contributed by atoms with Crippen LogP contribution in [0.1, 0.15) is 16.7 Å². The lowest BCUT2D eigenvalue weighted by molar-refractivity contribution is -0.384. The summed E-state index contributed by atoms with van der Waals surface area (Å²) in [6.07, 6.45) is 5.11. The Balaban J connectivity index is 1.74. The zero-order valence-corrected chi connectivity index (χ0v) is 18.4. The summed E-state index contributed by atoms with van der Waals surface area (Å²) in [4.78, 5) is 27.1. The summed E-state index contributed by atoms with van der Waals surface area (Å²) < 4.78 is 25.5. The molecule has 1 heterocycles. The highest BCUT2D eigenvalue weighted by atomic mass is 32.2. The van der Waals surface area contributed by atoms with Crippen LogP contribution in [0.25, 0.3) is 0 Å². The van der Waals surface area contributed by atoms with Crippen LogP contribution < -0.4 is 9.62 Å². The highest BCUT2D eigenvalue weighted by Gasteiger charge is 2.24. The van der Waals surface area contributed by atoms with Crippen molar-refractivity contribution in [2.75, 3.05) is 22.4 Å². The van der Waals surface area contributed by atoms with Crippen LogP contribution in [0.2, 0.25) is 0 Å². The van der Waals surface area contributed by atoms with Gasteiger partial charge < -0.3 is 5.32 Å². The number of non-ortho nitro benzene ring substituents is 1. The number of aromatic nitrogens is 1. The molecular weight excluding hydrogens is 432 g/mol. The van der Waals surface area contributed by atoms with Crippen molar-refractivity contribution in [3.8, 4) is 0 Å². The van der Waals surface area contributed by atoms with Crippen molar-refractivity contribution in [3.05, 3.63) is 93.8 Å². The summed E-state index contributed by atoms with van der Waals surface area (Å²) in [5.74, 6) is -0.566. The number of anilines is 2. The molecule has 10 heteroatoms. The number of hydrogen-bond acceptors (Lipinski definition) is 6. The van der Waals surface area contributed by atoms with E-state index in [1.807, 2.05) is 24.3 Å². The Morgan fingerprint density at radius 1 is 1.06 bits per heavy atom. The van der Waals surface area contributed by atoms with E-state index in [-0.39, 0.29) is 11.4 Å². The number of nitrogens with one attached hydrogen (secondary N) is 1. The van der Waals surface area contributed by atoms with Gasteiger partial charge in [0.25, 0.3) is 5.69 Å². The van der Waals surface area contributed by atoms with E-state index >= 15 is 0 Å². The number of aryl methyl sites for hydroxylation is 1. The van der Waals surface area contributed by atoms with E-state index in [9.17, 15) is 23.3 Å². The van der Waals surface area contributed by atoms with E-state index in [0.717, 1.165) is 27.8 Å². The summed E-state index contributed by atoms with van der Waals surface area (Å²) in [5, 5.41) is 13.8. The van der Waals surface area contributed by atoms with Gasteiger partial charge in [-0.05, 0) is 54.3 Å². The number of hydrogen-bond donors (Lipinski definition) is 1. The Kier molecular flexibility index (Phi) is 6.84. The van der Waals surface area contributed by atoms with Crippen LogP contribution in [0.3, 0.4) is 0 Å². The Morgan fingerprint density at radius 3 is 2.28 bits per heavy atom. The Morgan fingerprint density at radius 2 is 1.69 bits per heavy atom. The second-order valence-corrected chi connectivity index (χ2v) is 9.18. The van der Waals surface area contributed by atoms with Crippen molar-refractivity contribution in [3.63, 3.8) is 0 Å². The molecule has 32 heavy (non-hydrogen) atoms. The fourth-order valence-electron chi connectivity index (χ4n) is 3.13. The van der Waals surface area contributed by atoms with Crippen LogP contribution in [0.15, 0.2) is 67.0 Å². The minimum Gasteiger partial charge on any atom is -0.325 e. The molecule has 0 atom stereocenters. The van der Waals surface area contributed by atoms with Crippen LogP contribution in [-0.4, -0.2) is 37.0 Å². The minimum absolute atomic E-state index is 0.0875. The molecule has 1 amide bonds. The zero-order chi connectivity index (χ0) is 23.3. The fourth-order valence-corrected chi connectivity index (χ4v) is 4.04. The van der Waals surface area contributed by atoms with Gasteiger partial charge in [-0.3, -0.25) is 24.2 Å². The van der Waals surface area contributed by atoms with Crippen LogP contribution in [0, 0.1) is 17.0 Å². The zero-order valence-electron chi connectivity index (χ0n) is 17.6. The van der Waals surface area contributed by atoms with Crippen LogP contribution in [0.5, 0.6) is 0 Å². The highest BCUT2D eigenvalue weighted by molar-refractivity contribution is 7.92. The molecule has 1 N–H and O–H groups in total. The molecule has 0 aliphatic rings. The molecule has 0 unspecified atom stereocenters. The van der Waals surface area contributed by atoms with Gasteiger partial charge in [0.05, 0.1) is 16.9 Å². The molecule has 0 aliphatic carbocycles. The molecule has 3 aromatic rings. The van der Waals surface area contributed by atoms with Crippen molar-refractivity contribution in [2.24, 2.45) is 0 Å². The lowest BCUT2D eigenvalue weighted by Crippen LogP contribution is -2.37. The number of benzene rings is 2. The Labute approximate surface area is 185 Å². The van der Waals surface area contributed by atoms with Crippen molar-refractivity contribution in [1.82, 2.24) is 4.98 Å². The molecule has 0 spiro atoms. The Hall–Kier alpha value is -3.79. The number of amides is 1. The van der Waals surface area contributed by atoms with Crippen molar-refractivity contribution in [2.45, 2.75) is 13.3 Å². The minimum atomic E-state index is -3.87. The van der Waals surface area contributed by atoms with Crippen molar-refractivity contribution in [1.29, 1.82) is 0 Å². The van der Waals surface area contributed by atoms with E-state index in [1.54, 1.807) is 31.5 Å². The first kappa shape index (κ1) is 22.9. The van der Waals surface area contributed by atoms with Crippen molar-refractivity contribution < 1.29 is 18.1 Å². The number of carbonyl (C=O) groups is 1. The number of nitro benzene ring substituents is 1. The summed E-state index contributed by atoms with van der Waals surface area (Å²) >= 11 is 0. The molecular formula is C22H22N4O5S. The van der Waals surface area contributed by atoms with Gasteiger partial charge in [0.15, 0.2) is 0 Å². The first-order valence-corrected chi connectivity index (χ1v) is 11.5. The largest absolute Gasteiger partial charge is 0.325 e. The predicted molar refractivity (Wildman–Crippen MR) is 122 cm³/mol. The van der Waals surface area contributed by atoms with E-state index < -0.39 is 27.4 Å². The normalized spacial score (nSPS) is 11.1. The summed E-state index contributed by atoms with van der Waals surface area (Å²) in [7, 11) is -3.87. The van der Waals surface area contributed by atoms with Gasteiger partial charge in [0.2, 0.25) is 15.9 Å². The maximum Gasteiger partial charge on any atom is 0.271 e. The van der Waals surface area contributed by atoms with Crippen LogP contribution in [0.4, 0.5) is 17.1 Å². The SMILES string of the molecule is Cc1ccc([N+](=O)[O-])cc1N(CC(=O)Nc1ccc(Cc2ccncc2)cc1)S(C)(=O)=O. The standard InChI is InChI=1S/C22H22N4O5S/c1-16-3-8-20(26(28)29)14-21(16)25(32(2,30)31)15-22(27)24-19-6-4-17(5-7-19)13-18-9-11-23-12-10-18/h3-12,14H,13,15H2,1-2H3,(H,24,27). The maximum absolute atomic E-state index is 12.6. The smallest absolute Gasteiger partial charge is 0.271 e. The fraction of sp³-hybridized carbons (Fsp3) is 0.182. The average molecular weight is 455 g/mol. The molecule has 0 radical (unpaired) electrons. The number of nitrogens with zero attached hydrogens (tertiary/aromatic N) is 3. The number of nitro groups is 1. The van der Waals surface area contributed by atoms with Crippen LogP contribution >= 0.6 is 0 Å². The van der Waals surface area contributed by atoms with Crippen molar-refractivity contribution >= 4 is 33.0 Å². The van der Waals surface area contributed by atoms with Gasteiger partial charge in [-0.1, -0.05) is 18.2 Å². The lowest BCUT2D eigenvalue weighted by atomic mass is 10.1. The van der Waals surface area contributed by atoms with E-state index in [0.29, 0.717) is 17.7 Å². The van der Waals surface area contributed by atoms with Crippen LogP contribution in [-0.2, 0) is 21.2 Å². The molecule has 0 saturated heterocycles. The lowest BCUT2D eigenvalue weighted by Gasteiger charge is -2.23. The molecule has 3 rings (SSSR count). The second-order valence-electron chi connectivity index (χ2n) is 7.27. The van der Waals surface area contributed by atoms with Gasteiger partial charge in [-0.2, -0.15) is 0 Å². The Bertz CT molecular complexity index is 1230. The summed E-state index contributed by atoms with van der Waals surface area (Å²) in [6.45, 7) is 1.11. The molecule has 0 saturated carbocycles. The molecule has 0 bridgehead atoms. The monoisotopic (exact) mass is 454 g/mol. The molecule has 1 aromatic heterocycles. The molecule has 9 nitrogen and oxygen atoms in total. The van der Waals surface area contributed by atoms with E-state index in [1.165, 1.54) is 12.1 Å². The molecule has 0 aliphatic heterocycles. The van der Waals surface area contributed by atoms with Gasteiger partial charge >= 0.3 is 0 Å². The summed E-state index contributed by atoms with van der Waals surface area (Å²) in [5.41, 5.74) is 2.98. The first-order chi connectivity index (χ1) is 15.1. The van der Waals surface area contributed by atoms with E-state index in [2.05, 4.69) is 10.3 Å². The first-order valence-electron chi connectivity index (χ1n) is 9.64. The number of rotatable bonds is 8. The van der Waals surface area contributed by atoms with E-state index in [4.69, 9.17) is 0 Å². The number of carbonyl (C=O) groups excluding carboxylic acids is 1. The number of sulfonamides is 1. The second kappa shape index (κ2) is 9.56. The molecule has 0 fully saturated rings. The van der Waals surface area contributed by atoms with Gasteiger partial charge in [0, 0.05) is 30.2 Å². The maximum atomic E-state index is 12.6. The highest BCUT2D eigenvalue weighted by Crippen LogP contribution is 2.27. The third kappa shape index (κ3) is 5.88. The third-order valence-corrected chi connectivity index (χ3v) is 5.88. The summed E-state index contributed by atoms with van der Waals surface area (Å²) in [6, 6.07) is 14.9. The predicted octanol–water partition coefficient (Wildman–Crippen LogP) is 3.29. The number of pyridine rings is 1. The molecule has 2 aromatic carbocycles. The average Bonchev–Trinajstić information content (AvgIpc) is 2.74. The quantitative estimate of drug-likeness (QED) is 0.412.